The van der Waals surface area contributed by atoms with E-state index < -0.39 is 16.7 Å². The van der Waals surface area contributed by atoms with E-state index in [1.165, 1.54) is 4.57 Å². The molecule has 1 heterocycles. The number of nitrogens with one attached hydrogen (secondary N) is 1. The number of carbonyl (C=O) groups is 1. The van der Waals surface area contributed by atoms with Crippen LogP contribution in [-0.2, 0) is 11.3 Å². The number of nitrogens with two attached hydrogens (primary N) is 1. The van der Waals surface area contributed by atoms with Crippen molar-refractivity contribution in [3.63, 3.8) is 0 Å². The van der Waals surface area contributed by atoms with E-state index in [2.05, 4.69) is 11.9 Å². The first-order chi connectivity index (χ1) is 15.2. The van der Waals surface area contributed by atoms with E-state index in [4.69, 9.17) is 17.3 Å². The molecule has 8 heteroatoms. The summed E-state index contributed by atoms with van der Waals surface area (Å²) >= 11 is 7.00. The molecule has 0 radical (unpaired) electrons. The minimum Gasteiger partial charge on any atom is -0.383 e. The molecular formula is C24H37ClN4O3. The zero-order valence-electron chi connectivity index (χ0n) is 19.4. The molecule has 4 bridgehead atoms. The Morgan fingerprint density at radius 1 is 1.12 bits per heavy atom. The molecule has 7 nitrogen and oxygen atoms in total. The molecule has 4 fully saturated rings. The number of carbonyl (C=O) groups excluding carboxylic acids is 1. The number of rotatable bonds is 9. The third-order valence-corrected chi connectivity index (χ3v) is 8.34. The predicted molar refractivity (Wildman–Crippen MR) is 128 cm³/mol. The molecule has 3 N–H and O–H groups in total. The summed E-state index contributed by atoms with van der Waals surface area (Å²) < 4.78 is 1.41. The summed E-state index contributed by atoms with van der Waals surface area (Å²) in [6.07, 6.45) is 9.88. The van der Waals surface area contributed by atoms with E-state index in [0.717, 1.165) is 64.2 Å². The number of hydrogen-bond donors (Lipinski definition) is 2. The number of unbranched alkanes of at least 4 members (excludes halogenated alkanes) is 3. The second-order valence-corrected chi connectivity index (χ2v) is 11.4. The van der Waals surface area contributed by atoms with E-state index in [1.807, 2.05) is 6.92 Å². The van der Waals surface area contributed by atoms with Gasteiger partial charge in [-0.2, -0.15) is 0 Å². The third kappa shape index (κ3) is 4.13. The van der Waals surface area contributed by atoms with Crippen LogP contribution in [0.2, 0.25) is 0 Å². The lowest BCUT2D eigenvalue weighted by atomic mass is 9.49. The highest BCUT2D eigenvalue weighted by Gasteiger charge is 2.61. The molecule has 2 unspecified atom stereocenters. The van der Waals surface area contributed by atoms with E-state index in [-0.39, 0.29) is 22.3 Å². The van der Waals surface area contributed by atoms with Crippen molar-refractivity contribution in [2.45, 2.75) is 95.9 Å². The maximum atomic E-state index is 14.2. The largest absolute Gasteiger partial charge is 0.383 e. The van der Waals surface area contributed by atoms with Gasteiger partial charge in [0.1, 0.15) is 5.82 Å². The average Bonchev–Trinajstić information content (AvgIpc) is 2.70. The molecular weight excluding hydrogens is 428 g/mol. The first-order valence-corrected chi connectivity index (χ1v) is 12.7. The first-order valence-electron chi connectivity index (χ1n) is 12.4. The molecule has 2 atom stereocenters. The fraction of sp³-hybridized carbons (Fsp3) is 0.792. The Kier molecular flexibility index (Phi) is 6.49. The number of aromatic nitrogens is 2. The van der Waals surface area contributed by atoms with Crippen LogP contribution in [0.4, 0.5) is 11.5 Å². The van der Waals surface area contributed by atoms with Gasteiger partial charge in [0.15, 0.2) is 5.69 Å². The number of anilines is 2. The van der Waals surface area contributed by atoms with E-state index in [0.29, 0.717) is 31.3 Å². The Morgan fingerprint density at radius 2 is 1.78 bits per heavy atom. The second-order valence-electron chi connectivity index (χ2n) is 10.6. The van der Waals surface area contributed by atoms with Crippen molar-refractivity contribution in [2.24, 2.45) is 17.3 Å². The smallest absolute Gasteiger partial charge is 0.330 e. The van der Waals surface area contributed by atoms with Crippen LogP contribution >= 0.6 is 11.6 Å². The summed E-state index contributed by atoms with van der Waals surface area (Å²) in [5, 5.41) is 0. The monoisotopic (exact) mass is 464 g/mol. The van der Waals surface area contributed by atoms with Crippen molar-refractivity contribution < 1.29 is 4.79 Å². The Hall–Kier alpha value is -1.76. The number of halogens is 1. The Balaban J connectivity index is 1.75. The normalized spacial score (nSPS) is 30.6. The second kappa shape index (κ2) is 8.88. The lowest BCUT2D eigenvalue weighted by Crippen LogP contribution is -2.60. The van der Waals surface area contributed by atoms with Crippen LogP contribution in [0.5, 0.6) is 0 Å². The van der Waals surface area contributed by atoms with Crippen molar-refractivity contribution in [2.75, 3.05) is 17.2 Å². The Labute approximate surface area is 194 Å². The van der Waals surface area contributed by atoms with Gasteiger partial charge in [0.25, 0.3) is 5.56 Å². The van der Waals surface area contributed by atoms with Crippen LogP contribution in [-0.4, -0.2) is 26.9 Å². The minimum atomic E-state index is -0.574. The molecule has 1 amide bonds. The molecule has 1 aromatic rings. The number of hydrogen-bond acceptors (Lipinski definition) is 4. The maximum absolute atomic E-state index is 14.2. The van der Waals surface area contributed by atoms with Gasteiger partial charge in [-0.05, 0) is 63.2 Å². The average molecular weight is 465 g/mol. The fourth-order valence-electron chi connectivity index (χ4n) is 6.90. The van der Waals surface area contributed by atoms with Gasteiger partial charge in [-0.3, -0.25) is 19.1 Å². The van der Waals surface area contributed by atoms with Crippen LogP contribution in [0.15, 0.2) is 9.59 Å². The number of alkyl halides is 1. The molecule has 178 valence electrons. The molecule has 0 spiro atoms. The topological polar surface area (TPSA) is 101 Å². The molecule has 4 saturated carbocycles. The fourth-order valence-corrected chi connectivity index (χ4v) is 7.59. The Morgan fingerprint density at radius 3 is 2.38 bits per heavy atom. The van der Waals surface area contributed by atoms with Crippen molar-refractivity contribution in [1.29, 1.82) is 0 Å². The summed E-state index contributed by atoms with van der Waals surface area (Å²) in [6, 6.07) is 0. The predicted octanol–water partition coefficient (Wildman–Crippen LogP) is 4.02. The number of H-pyrrole nitrogens is 1. The van der Waals surface area contributed by atoms with Gasteiger partial charge in [0.05, 0.1) is 5.41 Å². The summed E-state index contributed by atoms with van der Waals surface area (Å²) in [7, 11) is 0. The molecule has 4 aliphatic carbocycles. The molecule has 0 aromatic carbocycles. The summed E-state index contributed by atoms with van der Waals surface area (Å²) in [4.78, 5) is 43.4. The SMILES string of the molecule is CCCCCN(C(=O)C12CC3CC(CC(Cl)(C3)C1)C2)c1c(N)n(CCCC)c(=O)[nH]c1=O. The summed E-state index contributed by atoms with van der Waals surface area (Å²) in [6.45, 7) is 4.98. The van der Waals surface area contributed by atoms with Gasteiger partial charge in [-0.15, -0.1) is 11.6 Å². The first kappa shape index (κ1) is 23.4. The van der Waals surface area contributed by atoms with Gasteiger partial charge in [0, 0.05) is 18.0 Å². The number of amides is 1. The lowest BCUT2D eigenvalue weighted by molar-refractivity contribution is -0.141. The van der Waals surface area contributed by atoms with Crippen LogP contribution in [0, 0.1) is 17.3 Å². The third-order valence-electron chi connectivity index (χ3n) is 7.89. The zero-order valence-corrected chi connectivity index (χ0v) is 20.2. The van der Waals surface area contributed by atoms with E-state index >= 15 is 0 Å². The van der Waals surface area contributed by atoms with Crippen molar-refractivity contribution >= 4 is 29.0 Å². The number of nitrogen functional groups attached to an aromatic ring is 1. The van der Waals surface area contributed by atoms with Crippen LogP contribution in [0.25, 0.3) is 0 Å². The molecule has 1 aromatic heterocycles. The molecule has 0 saturated heterocycles. The highest BCUT2D eigenvalue weighted by Crippen LogP contribution is 2.64. The molecule has 32 heavy (non-hydrogen) atoms. The van der Waals surface area contributed by atoms with Crippen molar-refractivity contribution in [3.05, 3.63) is 20.8 Å². The van der Waals surface area contributed by atoms with E-state index in [1.54, 1.807) is 4.90 Å². The quantitative estimate of drug-likeness (QED) is 0.425. The van der Waals surface area contributed by atoms with Gasteiger partial charge < -0.3 is 10.6 Å². The van der Waals surface area contributed by atoms with Gasteiger partial charge in [0.2, 0.25) is 5.91 Å². The molecule has 0 aliphatic heterocycles. The Bertz CT molecular complexity index is 970. The summed E-state index contributed by atoms with van der Waals surface area (Å²) in [5.74, 6) is 1.03. The van der Waals surface area contributed by atoms with E-state index in [9.17, 15) is 14.4 Å². The molecule has 4 aliphatic rings. The molecule has 5 rings (SSSR count). The van der Waals surface area contributed by atoms with Crippen molar-refractivity contribution in [3.8, 4) is 0 Å². The minimum absolute atomic E-state index is 0.0226. The number of nitrogens with zero attached hydrogens (tertiary/aromatic N) is 2. The van der Waals surface area contributed by atoms with Crippen molar-refractivity contribution in [1.82, 2.24) is 9.55 Å². The van der Waals surface area contributed by atoms with Gasteiger partial charge in [-0.1, -0.05) is 33.1 Å². The van der Waals surface area contributed by atoms with Gasteiger partial charge >= 0.3 is 5.69 Å². The summed E-state index contributed by atoms with van der Waals surface area (Å²) in [5.41, 5.74) is 4.94. The lowest BCUT2D eigenvalue weighted by Gasteiger charge is -2.59. The van der Waals surface area contributed by atoms with Crippen LogP contribution in [0.1, 0.15) is 84.5 Å². The standard InChI is InChI=1S/C24H37ClN4O3/c1-3-5-7-9-28(18-19(26)29(8-6-4-2)22(32)27-20(18)30)21(31)23-11-16-10-17(12-23)14-24(25,13-16)15-23/h16-17H,3-15,26H2,1-2H3,(H,27,30,32). The van der Waals surface area contributed by atoms with Crippen LogP contribution in [0.3, 0.4) is 0 Å². The number of aromatic amines is 1. The maximum Gasteiger partial charge on any atom is 0.330 e. The van der Waals surface area contributed by atoms with Crippen LogP contribution < -0.4 is 21.9 Å². The zero-order chi connectivity index (χ0) is 23.1. The highest BCUT2D eigenvalue weighted by atomic mass is 35.5. The highest BCUT2D eigenvalue weighted by molar-refractivity contribution is 6.24. The van der Waals surface area contributed by atoms with Gasteiger partial charge in [-0.25, -0.2) is 4.79 Å².